The Hall–Kier alpha value is -0.500. The lowest BCUT2D eigenvalue weighted by Gasteiger charge is -1.98. The lowest BCUT2D eigenvalue weighted by atomic mass is 10.1. The maximum Gasteiger partial charge on any atom is 0.116 e. The van der Waals surface area contributed by atoms with Crippen LogP contribution < -0.4 is 0 Å². The molecule has 0 aliphatic carbocycles. The Morgan fingerprint density at radius 2 is 2.10 bits per heavy atom. The quantitative estimate of drug-likeness (QED) is 0.692. The molecule has 0 saturated heterocycles. The highest BCUT2D eigenvalue weighted by Crippen LogP contribution is 2.16. The van der Waals surface area contributed by atoms with Crippen LogP contribution in [0.5, 0.6) is 5.75 Å². The Kier molecular flexibility index (Phi) is 2.33. The minimum absolute atomic E-state index is 0.342. The van der Waals surface area contributed by atoms with Gasteiger partial charge < -0.3 is 5.11 Å². The van der Waals surface area contributed by atoms with Crippen LogP contribution in [-0.2, 0) is 5.33 Å². The van der Waals surface area contributed by atoms with Gasteiger partial charge in [0.05, 0.1) is 0 Å². The number of aryl methyl sites for hydroxylation is 1. The normalized spacial score (nSPS) is 9.80. The second-order valence-electron chi connectivity index (χ2n) is 2.31. The van der Waals surface area contributed by atoms with E-state index >= 15 is 0 Å². The molecule has 0 spiro atoms. The van der Waals surface area contributed by atoms with Crippen molar-refractivity contribution in [3.05, 3.63) is 29.3 Å². The van der Waals surface area contributed by atoms with E-state index in [1.165, 1.54) is 0 Å². The summed E-state index contributed by atoms with van der Waals surface area (Å²) < 4.78 is 0. The van der Waals surface area contributed by atoms with E-state index in [2.05, 4.69) is 15.9 Å². The maximum atomic E-state index is 9.10. The molecule has 1 nitrogen and oxygen atoms in total. The van der Waals surface area contributed by atoms with Crippen molar-refractivity contribution in [3.63, 3.8) is 0 Å². The summed E-state index contributed by atoms with van der Waals surface area (Å²) >= 11 is 3.31. The number of benzene rings is 1. The first-order valence-electron chi connectivity index (χ1n) is 3.08. The third kappa shape index (κ3) is 1.74. The number of hydrogen-bond acceptors (Lipinski definition) is 1. The summed E-state index contributed by atoms with van der Waals surface area (Å²) in [6, 6.07) is 5.53. The van der Waals surface area contributed by atoms with Gasteiger partial charge in [0.1, 0.15) is 5.75 Å². The SMILES string of the molecule is Cc1cc(O)cc(CBr)c1. The summed E-state index contributed by atoms with van der Waals surface area (Å²) in [4.78, 5) is 0. The Bertz CT molecular complexity index is 212. The fourth-order valence-electron chi connectivity index (χ4n) is 0.918. The van der Waals surface area contributed by atoms with Crippen LogP contribution in [0.1, 0.15) is 11.1 Å². The lowest BCUT2D eigenvalue weighted by Crippen LogP contribution is -1.78. The molecule has 0 unspecified atom stereocenters. The monoisotopic (exact) mass is 200 g/mol. The van der Waals surface area contributed by atoms with Crippen LogP contribution in [0.15, 0.2) is 18.2 Å². The highest BCUT2D eigenvalue weighted by molar-refractivity contribution is 9.08. The van der Waals surface area contributed by atoms with Crippen molar-refractivity contribution < 1.29 is 5.11 Å². The highest BCUT2D eigenvalue weighted by atomic mass is 79.9. The van der Waals surface area contributed by atoms with Gasteiger partial charge in [0, 0.05) is 5.33 Å². The molecule has 1 aromatic rings. The number of rotatable bonds is 1. The van der Waals surface area contributed by atoms with Crippen molar-refractivity contribution in [1.29, 1.82) is 0 Å². The Morgan fingerprint density at radius 1 is 1.40 bits per heavy atom. The highest BCUT2D eigenvalue weighted by Gasteiger charge is 1.93. The molecule has 0 amide bonds. The molecule has 0 heterocycles. The van der Waals surface area contributed by atoms with Gasteiger partial charge in [-0.3, -0.25) is 0 Å². The van der Waals surface area contributed by atoms with Crippen molar-refractivity contribution in [1.82, 2.24) is 0 Å². The molecule has 0 aromatic heterocycles. The first-order valence-corrected chi connectivity index (χ1v) is 4.20. The largest absolute Gasteiger partial charge is 0.508 e. The average Bonchev–Trinajstić information content (AvgIpc) is 1.85. The number of hydrogen-bond donors (Lipinski definition) is 1. The van der Waals surface area contributed by atoms with Crippen molar-refractivity contribution in [2.45, 2.75) is 12.3 Å². The molecule has 0 radical (unpaired) electrons. The predicted molar refractivity (Wildman–Crippen MR) is 45.5 cm³/mol. The van der Waals surface area contributed by atoms with Crippen molar-refractivity contribution >= 4 is 15.9 Å². The van der Waals surface area contributed by atoms with E-state index in [1.807, 2.05) is 13.0 Å². The van der Waals surface area contributed by atoms with E-state index in [0.717, 1.165) is 16.5 Å². The Morgan fingerprint density at radius 3 is 2.60 bits per heavy atom. The van der Waals surface area contributed by atoms with E-state index < -0.39 is 0 Å². The predicted octanol–water partition coefficient (Wildman–Crippen LogP) is 2.60. The smallest absolute Gasteiger partial charge is 0.116 e. The van der Waals surface area contributed by atoms with Crippen LogP contribution in [0.3, 0.4) is 0 Å². The molecule has 0 atom stereocenters. The van der Waals surface area contributed by atoms with Crippen molar-refractivity contribution in [2.75, 3.05) is 0 Å². The fraction of sp³-hybridized carbons (Fsp3) is 0.250. The topological polar surface area (TPSA) is 20.2 Å². The molecule has 0 aliphatic heterocycles. The third-order valence-electron chi connectivity index (χ3n) is 1.28. The van der Waals surface area contributed by atoms with Crippen LogP contribution in [0.4, 0.5) is 0 Å². The number of halogens is 1. The van der Waals surface area contributed by atoms with E-state index in [1.54, 1.807) is 12.1 Å². The zero-order valence-corrected chi connectivity index (χ0v) is 7.35. The zero-order valence-electron chi connectivity index (χ0n) is 5.76. The van der Waals surface area contributed by atoms with Crippen molar-refractivity contribution in [3.8, 4) is 5.75 Å². The maximum absolute atomic E-state index is 9.10. The molecule has 0 aliphatic rings. The molecule has 0 bridgehead atoms. The average molecular weight is 201 g/mol. The van der Waals surface area contributed by atoms with Gasteiger partial charge in [0.2, 0.25) is 0 Å². The standard InChI is InChI=1S/C8H9BrO/c1-6-2-7(5-9)4-8(10)3-6/h2-4,10H,5H2,1H3. The van der Waals surface area contributed by atoms with Gasteiger partial charge in [-0.05, 0) is 30.2 Å². The number of aromatic hydroxyl groups is 1. The fourth-order valence-corrected chi connectivity index (χ4v) is 1.24. The second kappa shape index (κ2) is 3.06. The van der Waals surface area contributed by atoms with Crippen LogP contribution in [-0.4, -0.2) is 5.11 Å². The molecule has 1 N–H and O–H groups in total. The van der Waals surface area contributed by atoms with Gasteiger partial charge in [-0.1, -0.05) is 22.0 Å². The molecule has 0 saturated carbocycles. The third-order valence-corrected chi connectivity index (χ3v) is 1.92. The van der Waals surface area contributed by atoms with E-state index in [9.17, 15) is 0 Å². The van der Waals surface area contributed by atoms with Crippen molar-refractivity contribution in [2.24, 2.45) is 0 Å². The zero-order chi connectivity index (χ0) is 7.56. The van der Waals surface area contributed by atoms with Crippen LogP contribution in [0.25, 0.3) is 0 Å². The Balaban J connectivity index is 3.06. The molecule has 1 aromatic carbocycles. The summed E-state index contributed by atoms with van der Waals surface area (Å²) in [5.41, 5.74) is 2.20. The first-order chi connectivity index (χ1) is 4.72. The summed E-state index contributed by atoms with van der Waals surface area (Å²) in [5, 5.41) is 9.90. The minimum Gasteiger partial charge on any atom is -0.508 e. The summed E-state index contributed by atoms with van der Waals surface area (Å²) in [5.74, 6) is 0.342. The van der Waals surface area contributed by atoms with Gasteiger partial charge in [-0.15, -0.1) is 0 Å². The molecule has 54 valence electrons. The molecule has 2 heteroatoms. The molecule has 0 fully saturated rings. The molecular weight excluding hydrogens is 192 g/mol. The van der Waals surface area contributed by atoms with Gasteiger partial charge in [0.25, 0.3) is 0 Å². The van der Waals surface area contributed by atoms with E-state index in [0.29, 0.717) is 5.75 Å². The van der Waals surface area contributed by atoms with Gasteiger partial charge >= 0.3 is 0 Å². The first kappa shape index (κ1) is 7.61. The van der Waals surface area contributed by atoms with Crippen LogP contribution in [0, 0.1) is 6.92 Å². The molecule has 1 rings (SSSR count). The number of phenolic OH excluding ortho intramolecular Hbond substituents is 1. The number of alkyl halides is 1. The summed E-state index contributed by atoms with van der Waals surface area (Å²) in [6.45, 7) is 1.96. The molecular formula is C8H9BrO. The van der Waals surface area contributed by atoms with Gasteiger partial charge in [-0.2, -0.15) is 0 Å². The van der Waals surface area contributed by atoms with Crippen LogP contribution in [0.2, 0.25) is 0 Å². The van der Waals surface area contributed by atoms with E-state index in [4.69, 9.17) is 5.11 Å². The minimum atomic E-state index is 0.342. The summed E-state index contributed by atoms with van der Waals surface area (Å²) in [6.07, 6.45) is 0. The van der Waals surface area contributed by atoms with Gasteiger partial charge in [-0.25, -0.2) is 0 Å². The van der Waals surface area contributed by atoms with Crippen LogP contribution >= 0.6 is 15.9 Å². The number of phenols is 1. The molecule has 10 heavy (non-hydrogen) atoms. The summed E-state index contributed by atoms with van der Waals surface area (Å²) in [7, 11) is 0. The van der Waals surface area contributed by atoms with Gasteiger partial charge in [0.15, 0.2) is 0 Å². The van der Waals surface area contributed by atoms with E-state index in [-0.39, 0.29) is 0 Å². The lowest BCUT2D eigenvalue weighted by molar-refractivity contribution is 0.474. The Labute approximate surface area is 68.8 Å². The second-order valence-corrected chi connectivity index (χ2v) is 2.87.